The number of nitrogens with zero attached hydrogens (tertiary/aromatic N) is 4. The van der Waals surface area contributed by atoms with Crippen molar-refractivity contribution in [3.63, 3.8) is 0 Å². The normalized spacial score (nSPS) is 16.4. The largest absolute Gasteiger partial charge is 0.466 e. The van der Waals surface area contributed by atoms with Crippen LogP contribution < -0.4 is 10.2 Å². The molecule has 1 atom stereocenters. The average Bonchev–Trinajstić information content (AvgIpc) is 2.89. The van der Waals surface area contributed by atoms with Gasteiger partial charge in [-0.3, -0.25) is 4.79 Å². The highest BCUT2D eigenvalue weighted by molar-refractivity contribution is 5.82. The molecule has 24 heavy (non-hydrogen) atoms. The predicted octanol–water partition coefficient (Wildman–Crippen LogP) is 2.14. The van der Waals surface area contributed by atoms with Crippen molar-refractivity contribution in [2.45, 2.75) is 26.8 Å². The van der Waals surface area contributed by atoms with Gasteiger partial charge in [-0.2, -0.15) is 0 Å². The van der Waals surface area contributed by atoms with Gasteiger partial charge in [-0.25, -0.2) is 9.97 Å². The zero-order valence-corrected chi connectivity index (χ0v) is 14.5. The number of piperazine rings is 1. The van der Waals surface area contributed by atoms with Gasteiger partial charge in [-0.15, -0.1) is 0 Å². The van der Waals surface area contributed by atoms with Crippen molar-refractivity contribution in [3.8, 4) is 0 Å². The number of carbonyl (C=O) groups excluding carboxylic acids is 1. The van der Waals surface area contributed by atoms with E-state index in [-0.39, 0.29) is 11.9 Å². The fourth-order valence-corrected chi connectivity index (χ4v) is 2.93. The molecule has 1 fully saturated rings. The molecule has 0 aliphatic carbocycles. The number of hydrogen-bond donors (Lipinski definition) is 1. The van der Waals surface area contributed by atoms with E-state index in [1.807, 2.05) is 37.9 Å². The number of aromatic nitrogens is 2. The molecule has 0 bridgehead atoms. The fraction of sp³-hybridized carbons (Fsp3) is 0.471. The van der Waals surface area contributed by atoms with Crippen molar-refractivity contribution in [2.75, 3.05) is 36.9 Å². The van der Waals surface area contributed by atoms with Crippen molar-refractivity contribution in [2.24, 2.45) is 0 Å². The highest BCUT2D eigenvalue weighted by atomic mass is 16.3. The van der Waals surface area contributed by atoms with Crippen LogP contribution in [-0.4, -0.2) is 47.5 Å². The molecule has 0 radical (unpaired) electrons. The minimum atomic E-state index is 0.0688. The fourth-order valence-electron chi connectivity index (χ4n) is 2.93. The third-order valence-electron chi connectivity index (χ3n) is 4.34. The predicted molar refractivity (Wildman–Crippen MR) is 92.1 cm³/mol. The molecule has 1 N–H and O–H groups in total. The molecule has 1 unspecified atom stereocenters. The Hall–Kier alpha value is -2.57. The van der Waals surface area contributed by atoms with Gasteiger partial charge in [0.2, 0.25) is 5.91 Å². The molecule has 3 heterocycles. The molecule has 1 amide bonds. The Bertz CT molecular complexity index is 742. The third-order valence-corrected chi connectivity index (χ3v) is 4.34. The van der Waals surface area contributed by atoms with Gasteiger partial charge in [0.25, 0.3) is 0 Å². The highest BCUT2D eigenvalue weighted by Gasteiger charge is 2.22. The maximum atomic E-state index is 11.9. The van der Waals surface area contributed by atoms with E-state index in [2.05, 4.69) is 22.2 Å². The van der Waals surface area contributed by atoms with Gasteiger partial charge in [-0.05, 0) is 26.8 Å². The van der Waals surface area contributed by atoms with Crippen LogP contribution in [0.3, 0.4) is 0 Å². The molecule has 2 aromatic heterocycles. The molecular weight excluding hydrogens is 306 g/mol. The quantitative estimate of drug-likeness (QED) is 0.926. The minimum absolute atomic E-state index is 0.0688. The molecule has 0 spiro atoms. The van der Waals surface area contributed by atoms with Crippen LogP contribution in [0.4, 0.5) is 11.6 Å². The van der Waals surface area contributed by atoms with Crippen LogP contribution in [0, 0.1) is 13.8 Å². The van der Waals surface area contributed by atoms with Crippen LogP contribution in [0.2, 0.25) is 0 Å². The summed E-state index contributed by atoms with van der Waals surface area (Å²) < 4.78 is 5.59. The number of hydrogen-bond acceptors (Lipinski definition) is 6. The first-order valence-corrected chi connectivity index (χ1v) is 8.08. The van der Waals surface area contributed by atoms with E-state index < -0.39 is 0 Å². The van der Waals surface area contributed by atoms with E-state index in [9.17, 15) is 4.79 Å². The van der Waals surface area contributed by atoms with Gasteiger partial charge < -0.3 is 19.5 Å². The second-order valence-corrected chi connectivity index (χ2v) is 6.23. The van der Waals surface area contributed by atoms with Crippen molar-refractivity contribution < 1.29 is 9.21 Å². The van der Waals surface area contributed by atoms with Crippen LogP contribution >= 0.6 is 0 Å². The molecule has 7 nitrogen and oxygen atoms in total. The summed E-state index contributed by atoms with van der Waals surface area (Å²) in [5.41, 5.74) is 1.11. The smallest absolute Gasteiger partial charge is 0.241 e. The lowest BCUT2D eigenvalue weighted by Crippen LogP contribution is -2.48. The second-order valence-electron chi connectivity index (χ2n) is 6.23. The second kappa shape index (κ2) is 6.51. The van der Waals surface area contributed by atoms with Gasteiger partial charge in [0.05, 0.1) is 12.6 Å². The molecule has 7 heteroatoms. The number of amides is 1. The minimum Gasteiger partial charge on any atom is -0.466 e. The first kappa shape index (κ1) is 16.3. The van der Waals surface area contributed by atoms with Gasteiger partial charge in [-0.1, -0.05) is 0 Å². The Labute approximate surface area is 141 Å². The Kier molecular flexibility index (Phi) is 4.42. The Balaban J connectivity index is 1.73. The van der Waals surface area contributed by atoms with Crippen molar-refractivity contribution in [1.29, 1.82) is 0 Å². The number of nitrogens with one attached hydrogen (secondary N) is 1. The zero-order chi connectivity index (χ0) is 17.3. The number of furan rings is 1. The first-order chi connectivity index (χ1) is 11.4. The number of rotatable bonds is 4. The number of aryl methyl sites for hydroxylation is 2. The molecular formula is C17H23N5O2. The standard InChI is InChI=1S/C17H23N5O2/c1-11-7-14(13(3)24-11)12(2)20-15-8-16(19-10-18-15)22-6-5-21(4)17(23)9-22/h7-8,10,12H,5-6,9H2,1-4H3,(H,18,19,20). The van der Waals surface area contributed by atoms with E-state index in [4.69, 9.17) is 4.42 Å². The van der Waals surface area contributed by atoms with Gasteiger partial charge in [0.15, 0.2) is 0 Å². The lowest BCUT2D eigenvalue weighted by atomic mass is 10.1. The maximum Gasteiger partial charge on any atom is 0.241 e. The topological polar surface area (TPSA) is 74.5 Å². The summed E-state index contributed by atoms with van der Waals surface area (Å²) in [4.78, 5) is 24.2. The monoisotopic (exact) mass is 329 g/mol. The van der Waals surface area contributed by atoms with Crippen LogP contribution in [0.25, 0.3) is 0 Å². The Morgan fingerprint density at radius 2 is 2.04 bits per heavy atom. The maximum absolute atomic E-state index is 11.9. The molecule has 3 rings (SSSR count). The lowest BCUT2D eigenvalue weighted by molar-refractivity contribution is -0.129. The number of likely N-dealkylation sites (N-methyl/N-ethyl adjacent to an activating group) is 1. The summed E-state index contributed by atoms with van der Waals surface area (Å²) in [6, 6.07) is 3.99. The van der Waals surface area contributed by atoms with Crippen LogP contribution in [0.1, 0.15) is 30.0 Å². The molecule has 0 aromatic carbocycles. The number of anilines is 2. The SMILES string of the molecule is Cc1cc(C(C)Nc2cc(N3CCN(C)C(=O)C3)ncn2)c(C)o1. The van der Waals surface area contributed by atoms with E-state index in [1.54, 1.807) is 4.90 Å². The summed E-state index contributed by atoms with van der Waals surface area (Å²) >= 11 is 0. The van der Waals surface area contributed by atoms with Crippen molar-refractivity contribution >= 4 is 17.5 Å². The molecule has 128 valence electrons. The molecule has 1 aliphatic heterocycles. The molecule has 0 saturated carbocycles. The van der Waals surface area contributed by atoms with Gasteiger partial charge in [0, 0.05) is 31.8 Å². The van der Waals surface area contributed by atoms with Crippen molar-refractivity contribution in [1.82, 2.24) is 14.9 Å². The van der Waals surface area contributed by atoms with Crippen molar-refractivity contribution in [3.05, 3.63) is 35.5 Å². The average molecular weight is 329 g/mol. The van der Waals surface area contributed by atoms with E-state index >= 15 is 0 Å². The van der Waals surface area contributed by atoms with Gasteiger partial charge in [0.1, 0.15) is 29.5 Å². The van der Waals surface area contributed by atoms with Crippen LogP contribution in [-0.2, 0) is 4.79 Å². The summed E-state index contributed by atoms with van der Waals surface area (Å²) in [7, 11) is 1.82. The summed E-state index contributed by atoms with van der Waals surface area (Å²) in [6.07, 6.45) is 1.53. The van der Waals surface area contributed by atoms with E-state index in [0.29, 0.717) is 13.1 Å². The Morgan fingerprint density at radius 3 is 2.71 bits per heavy atom. The first-order valence-electron chi connectivity index (χ1n) is 8.08. The summed E-state index contributed by atoms with van der Waals surface area (Å²) in [5.74, 6) is 3.41. The molecule has 2 aromatic rings. The van der Waals surface area contributed by atoms with E-state index in [1.165, 1.54) is 6.33 Å². The third kappa shape index (κ3) is 3.34. The molecule has 1 saturated heterocycles. The summed E-state index contributed by atoms with van der Waals surface area (Å²) in [6.45, 7) is 7.79. The van der Waals surface area contributed by atoms with Crippen LogP contribution in [0.5, 0.6) is 0 Å². The highest BCUT2D eigenvalue weighted by Crippen LogP contribution is 2.25. The van der Waals surface area contributed by atoms with E-state index in [0.717, 1.165) is 35.3 Å². The Morgan fingerprint density at radius 1 is 1.25 bits per heavy atom. The number of carbonyl (C=O) groups is 1. The van der Waals surface area contributed by atoms with Gasteiger partial charge >= 0.3 is 0 Å². The zero-order valence-electron chi connectivity index (χ0n) is 14.5. The lowest BCUT2D eigenvalue weighted by Gasteiger charge is -2.32. The molecule has 1 aliphatic rings. The summed E-state index contributed by atoms with van der Waals surface area (Å²) in [5, 5.41) is 3.38. The van der Waals surface area contributed by atoms with Crippen LogP contribution in [0.15, 0.2) is 22.9 Å².